The predicted octanol–water partition coefficient (Wildman–Crippen LogP) is 1.35. The normalized spacial score (nSPS) is 17.4. The van der Waals surface area contributed by atoms with Crippen LogP contribution in [0, 0.1) is 0 Å². The van der Waals surface area contributed by atoms with E-state index in [2.05, 4.69) is 0 Å². The lowest BCUT2D eigenvalue weighted by molar-refractivity contribution is -0.135. The van der Waals surface area contributed by atoms with E-state index in [0.29, 0.717) is 18.6 Å². The molecule has 0 saturated heterocycles. The van der Waals surface area contributed by atoms with Crippen molar-refractivity contribution in [1.82, 2.24) is 0 Å². The Morgan fingerprint density at radius 2 is 2.29 bits per heavy atom. The molecule has 1 aliphatic heterocycles. The standard InChI is InChI=1S/C11H14O3/c1-2-5-10-9(6-3-4-7-12)8-14-11(10)13/h2-3,5-6,12H,4,7-8H2,1H3. The molecule has 0 spiro atoms. The second-order valence-electron chi connectivity index (χ2n) is 2.93. The number of hydrogen-bond acceptors (Lipinski definition) is 3. The first-order valence-corrected chi connectivity index (χ1v) is 4.60. The van der Waals surface area contributed by atoms with Gasteiger partial charge in [-0.1, -0.05) is 24.3 Å². The fraction of sp³-hybridized carbons (Fsp3) is 0.364. The van der Waals surface area contributed by atoms with Crippen LogP contribution in [0.3, 0.4) is 0 Å². The highest BCUT2D eigenvalue weighted by Gasteiger charge is 2.20. The molecule has 1 aliphatic rings. The van der Waals surface area contributed by atoms with Crippen molar-refractivity contribution in [1.29, 1.82) is 0 Å². The first kappa shape index (κ1) is 10.7. The molecule has 0 unspecified atom stereocenters. The van der Waals surface area contributed by atoms with Crippen LogP contribution in [0.4, 0.5) is 0 Å². The van der Waals surface area contributed by atoms with E-state index >= 15 is 0 Å². The number of allylic oxidation sites excluding steroid dienone is 1. The lowest BCUT2D eigenvalue weighted by Gasteiger charge is -1.90. The van der Waals surface area contributed by atoms with Crippen LogP contribution in [0.1, 0.15) is 13.3 Å². The van der Waals surface area contributed by atoms with Gasteiger partial charge in [-0.15, -0.1) is 0 Å². The Kier molecular flexibility index (Phi) is 4.13. The molecule has 0 aromatic carbocycles. The zero-order valence-electron chi connectivity index (χ0n) is 8.19. The molecule has 0 aromatic heterocycles. The summed E-state index contributed by atoms with van der Waals surface area (Å²) in [6.45, 7) is 2.31. The van der Waals surface area contributed by atoms with Crippen LogP contribution in [-0.4, -0.2) is 24.3 Å². The molecule has 0 atom stereocenters. The number of carbonyl (C=O) groups excluding carboxylic acids is 1. The van der Waals surface area contributed by atoms with Gasteiger partial charge in [-0.25, -0.2) is 4.79 Å². The van der Waals surface area contributed by atoms with E-state index in [0.717, 1.165) is 5.57 Å². The van der Waals surface area contributed by atoms with E-state index in [1.165, 1.54) is 0 Å². The average molecular weight is 194 g/mol. The summed E-state index contributed by atoms with van der Waals surface area (Å²) in [4.78, 5) is 11.2. The molecule has 14 heavy (non-hydrogen) atoms. The van der Waals surface area contributed by atoms with Crippen molar-refractivity contribution in [3.63, 3.8) is 0 Å². The number of aliphatic hydroxyl groups excluding tert-OH is 1. The highest BCUT2D eigenvalue weighted by molar-refractivity contribution is 5.95. The minimum Gasteiger partial charge on any atom is -0.457 e. The van der Waals surface area contributed by atoms with Gasteiger partial charge in [-0.3, -0.25) is 0 Å². The molecule has 0 fully saturated rings. The Morgan fingerprint density at radius 3 is 2.93 bits per heavy atom. The SMILES string of the molecule is CC=CC1=C(C=CCCO)COC1=O. The summed E-state index contributed by atoms with van der Waals surface area (Å²) in [6.07, 6.45) is 7.81. The third-order valence-electron chi connectivity index (χ3n) is 1.87. The fourth-order valence-electron chi connectivity index (χ4n) is 1.21. The van der Waals surface area contributed by atoms with Gasteiger partial charge < -0.3 is 9.84 Å². The minimum absolute atomic E-state index is 0.123. The second-order valence-corrected chi connectivity index (χ2v) is 2.93. The molecule has 0 amide bonds. The lowest BCUT2D eigenvalue weighted by atomic mass is 10.1. The number of hydrogen-bond donors (Lipinski definition) is 1. The maximum atomic E-state index is 11.2. The number of carbonyl (C=O) groups is 1. The summed E-state index contributed by atoms with van der Waals surface area (Å²) >= 11 is 0. The van der Waals surface area contributed by atoms with Crippen molar-refractivity contribution in [3.8, 4) is 0 Å². The van der Waals surface area contributed by atoms with E-state index < -0.39 is 0 Å². The molecular weight excluding hydrogens is 180 g/mol. The molecule has 1 heterocycles. The topological polar surface area (TPSA) is 46.5 Å². The quantitative estimate of drug-likeness (QED) is 0.687. The van der Waals surface area contributed by atoms with Crippen molar-refractivity contribution in [2.45, 2.75) is 13.3 Å². The molecule has 3 heteroatoms. The van der Waals surface area contributed by atoms with Gasteiger partial charge >= 0.3 is 5.97 Å². The number of esters is 1. The zero-order valence-corrected chi connectivity index (χ0v) is 8.19. The van der Waals surface area contributed by atoms with Crippen LogP contribution in [-0.2, 0) is 9.53 Å². The molecule has 0 bridgehead atoms. The summed E-state index contributed by atoms with van der Waals surface area (Å²) in [5.41, 5.74) is 1.49. The van der Waals surface area contributed by atoms with Gasteiger partial charge in [0, 0.05) is 12.2 Å². The maximum absolute atomic E-state index is 11.2. The third-order valence-corrected chi connectivity index (χ3v) is 1.87. The van der Waals surface area contributed by atoms with Crippen LogP contribution in [0.25, 0.3) is 0 Å². The summed E-state index contributed by atoms with van der Waals surface area (Å²) in [5.74, 6) is -0.272. The maximum Gasteiger partial charge on any atom is 0.338 e. The van der Waals surface area contributed by atoms with Crippen LogP contribution in [0.5, 0.6) is 0 Å². The molecular formula is C11H14O3. The Morgan fingerprint density at radius 1 is 1.50 bits per heavy atom. The molecule has 1 N–H and O–H groups in total. The van der Waals surface area contributed by atoms with Crippen LogP contribution in [0.2, 0.25) is 0 Å². The smallest absolute Gasteiger partial charge is 0.338 e. The zero-order chi connectivity index (χ0) is 10.4. The second kappa shape index (κ2) is 5.40. The molecule has 0 radical (unpaired) electrons. The van der Waals surface area contributed by atoms with E-state index in [1.807, 2.05) is 25.2 Å². The van der Waals surface area contributed by atoms with Crippen molar-refractivity contribution < 1.29 is 14.6 Å². The summed E-state index contributed by atoms with van der Waals surface area (Å²) in [6, 6.07) is 0. The lowest BCUT2D eigenvalue weighted by Crippen LogP contribution is -1.96. The van der Waals surface area contributed by atoms with E-state index in [9.17, 15) is 4.79 Å². The number of ether oxygens (including phenoxy) is 1. The van der Waals surface area contributed by atoms with E-state index in [4.69, 9.17) is 9.84 Å². The van der Waals surface area contributed by atoms with Crippen molar-refractivity contribution in [3.05, 3.63) is 35.5 Å². The Labute approximate surface area is 83.4 Å². The summed E-state index contributed by atoms with van der Waals surface area (Å²) < 4.78 is 4.88. The largest absolute Gasteiger partial charge is 0.457 e. The monoisotopic (exact) mass is 194 g/mol. The third kappa shape index (κ3) is 2.57. The number of aliphatic hydroxyl groups is 1. The highest BCUT2D eigenvalue weighted by Crippen LogP contribution is 2.18. The van der Waals surface area contributed by atoms with Gasteiger partial charge in [-0.2, -0.15) is 0 Å². The first-order chi connectivity index (χ1) is 6.79. The van der Waals surface area contributed by atoms with E-state index in [-0.39, 0.29) is 12.6 Å². The average Bonchev–Trinajstić information content (AvgIpc) is 2.51. The predicted molar refractivity (Wildman–Crippen MR) is 53.6 cm³/mol. The van der Waals surface area contributed by atoms with Crippen molar-refractivity contribution in [2.24, 2.45) is 0 Å². The first-order valence-electron chi connectivity index (χ1n) is 4.60. The van der Waals surface area contributed by atoms with E-state index in [1.54, 1.807) is 6.08 Å². The molecule has 0 aromatic rings. The molecule has 0 saturated carbocycles. The summed E-state index contributed by atoms with van der Waals surface area (Å²) in [7, 11) is 0. The Bertz CT molecular complexity index is 298. The van der Waals surface area contributed by atoms with Gasteiger partial charge in [0.25, 0.3) is 0 Å². The highest BCUT2D eigenvalue weighted by atomic mass is 16.5. The van der Waals surface area contributed by atoms with Gasteiger partial charge in [0.2, 0.25) is 0 Å². The van der Waals surface area contributed by atoms with Gasteiger partial charge in [0.1, 0.15) is 6.61 Å². The number of rotatable bonds is 4. The Balaban J connectivity index is 2.77. The number of cyclic esters (lactones) is 1. The molecule has 76 valence electrons. The Hall–Kier alpha value is -1.35. The molecule has 3 nitrogen and oxygen atoms in total. The van der Waals surface area contributed by atoms with Gasteiger partial charge in [0.05, 0.1) is 5.57 Å². The summed E-state index contributed by atoms with van der Waals surface area (Å²) in [5, 5.41) is 8.58. The minimum atomic E-state index is -0.272. The van der Waals surface area contributed by atoms with Crippen LogP contribution in [0.15, 0.2) is 35.5 Å². The van der Waals surface area contributed by atoms with Crippen molar-refractivity contribution in [2.75, 3.05) is 13.2 Å². The van der Waals surface area contributed by atoms with Crippen LogP contribution < -0.4 is 0 Å². The fourth-order valence-corrected chi connectivity index (χ4v) is 1.21. The molecule has 1 rings (SSSR count). The van der Waals surface area contributed by atoms with Gasteiger partial charge in [0.15, 0.2) is 0 Å². The van der Waals surface area contributed by atoms with Crippen LogP contribution >= 0.6 is 0 Å². The van der Waals surface area contributed by atoms with Crippen molar-refractivity contribution >= 4 is 5.97 Å². The molecule has 0 aliphatic carbocycles. The van der Waals surface area contributed by atoms with Gasteiger partial charge in [-0.05, 0) is 13.3 Å².